The molecule has 0 aliphatic rings. The third-order valence-electron chi connectivity index (χ3n) is 2.47. The van der Waals surface area contributed by atoms with E-state index in [4.69, 9.17) is 0 Å². The monoisotopic (exact) mass is 368 g/mol. The number of benzene rings is 1. The first kappa shape index (κ1) is 16.7. The zero-order chi connectivity index (χ0) is 12.1. The fourth-order valence-electron chi connectivity index (χ4n) is 1.40. The number of carbonyl (C=O) groups excluding carboxylic acids is 1. The smallest absolute Gasteiger partial charge is 0.254 e. The van der Waals surface area contributed by atoms with Gasteiger partial charge in [-0.1, -0.05) is 12.1 Å². The van der Waals surface area contributed by atoms with Gasteiger partial charge in [0.25, 0.3) is 5.91 Å². The number of nitrogens with zero attached hydrogens (tertiary/aromatic N) is 1. The van der Waals surface area contributed by atoms with Gasteiger partial charge in [0.15, 0.2) is 0 Å². The normalized spacial score (nSPS) is 9.65. The first-order chi connectivity index (χ1) is 7.57. The maximum absolute atomic E-state index is 12.1. The van der Waals surface area contributed by atoms with Gasteiger partial charge in [0, 0.05) is 23.7 Å². The second-order valence-corrected chi connectivity index (χ2v) is 4.85. The lowest BCUT2D eigenvalue weighted by Crippen LogP contribution is -2.33. The molecule has 1 aromatic carbocycles. The molecule has 1 amide bonds. The van der Waals surface area contributed by atoms with Crippen molar-refractivity contribution in [2.24, 2.45) is 0 Å². The Morgan fingerprint density at radius 2 is 2.12 bits per heavy atom. The van der Waals surface area contributed by atoms with Gasteiger partial charge in [0.1, 0.15) is 0 Å². The highest BCUT2D eigenvalue weighted by molar-refractivity contribution is 14.1. The van der Waals surface area contributed by atoms with Crippen LogP contribution in [0.25, 0.3) is 0 Å². The van der Waals surface area contributed by atoms with Gasteiger partial charge < -0.3 is 10.2 Å². The van der Waals surface area contributed by atoms with Gasteiger partial charge in [-0.15, -0.1) is 12.4 Å². The number of rotatable bonds is 4. The number of nitrogens with one attached hydrogen (secondary N) is 1. The molecule has 1 N–H and O–H groups in total. The maximum Gasteiger partial charge on any atom is 0.254 e. The molecule has 0 bridgehead atoms. The predicted octanol–water partition coefficient (Wildman–Crippen LogP) is 2.31. The summed E-state index contributed by atoms with van der Waals surface area (Å²) in [6, 6.07) is 5.83. The van der Waals surface area contributed by atoms with Crippen LogP contribution in [0, 0.1) is 10.5 Å². The SMILES string of the molecule is CNCCN(C)C(=O)c1cccc(C)c1I.Cl. The van der Waals surface area contributed by atoms with Gasteiger partial charge in [-0.05, 0) is 48.2 Å². The van der Waals surface area contributed by atoms with E-state index in [-0.39, 0.29) is 18.3 Å². The number of hydrogen-bond acceptors (Lipinski definition) is 2. The summed E-state index contributed by atoms with van der Waals surface area (Å²) < 4.78 is 1.04. The highest BCUT2D eigenvalue weighted by Crippen LogP contribution is 2.17. The molecule has 1 aromatic rings. The highest BCUT2D eigenvalue weighted by Gasteiger charge is 2.14. The Hall–Kier alpha value is -0.330. The number of aryl methyl sites for hydroxylation is 1. The Labute approximate surface area is 123 Å². The quantitative estimate of drug-likeness (QED) is 0.827. The van der Waals surface area contributed by atoms with E-state index in [1.807, 2.05) is 39.2 Å². The molecule has 0 saturated carbocycles. The molecule has 0 unspecified atom stereocenters. The van der Waals surface area contributed by atoms with Crippen LogP contribution < -0.4 is 5.32 Å². The predicted molar refractivity (Wildman–Crippen MR) is 82.0 cm³/mol. The molecule has 0 heterocycles. The minimum absolute atomic E-state index is 0. The number of halogens is 2. The van der Waals surface area contributed by atoms with Crippen molar-refractivity contribution in [3.63, 3.8) is 0 Å². The lowest BCUT2D eigenvalue weighted by molar-refractivity contribution is 0.0795. The fourth-order valence-corrected chi connectivity index (χ4v) is 1.99. The Kier molecular flexibility index (Phi) is 7.74. The zero-order valence-corrected chi connectivity index (χ0v) is 13.3. The van der Waals surface area contributed by atoms with Crippen LogP contribution in [-0.4, -0.2) is 38.0 Å². The highest BCUT2D eigenvalue weighted by atomic mass is 127. The summed E-state index contributed by atoms with van der Waals surface area (Å²) in [5, 5.41) is 3.04. The van der Waals surface area contributed by atoms with Crippen LogP contribution in [-0.2, 0) is 0 Å². The molecule has 0 fully saturated rings. The molecule has 17 heavy (non-hydrogen) atoms. The standard InChI is InChI=1S/C12H17IN2O.ClH/c1-9-5-4-6-10(11(9)13)12(16)15(3)8-7-14-2;/h4-6,14H,7-8H2,1-3H3;1H. The molecule has 0 saturated heterocycles. The van der Waals surface area contributed by atoms with Crippen molar-refractivity contribution in [3.8, 4) is 0 Å². The minimum atomic E-state index is 0. The van der Waals surface area contributed by atoms with Crippen molar-refractivity contribution >= 4 is 40.9 Å². The van der Waals surface area contributed by atoms with Gasteiger partial charge in [0.2, 0.25) is 0 Å². The van der Waals surface area contributed by atoms with Gasteiger partial charge in [-0.3, -0.25) is 4.79 Å². The molecule has 0 aliphatic heterocycles. The van der Waals surface area contributed by atoms with Crippen LogP contribution in [0.3, 0.4) is 0 Å². The van der Waals surface area contributed by atoms with Crippen LogP contribution >= 0.6 is 35.0 Å². The zero-order valence-electron chi connectivity index (χ0n) is 10.3. The van der Waals surface area contributed by atoms with Crippen molar-refractivity contribution in [2.75, 3.05) is 27.2 Å². The van der Waals surface area contributed by atoms with Gasteiger partial charge in [0.05, 0.1) is 5.56 Å². The van der Waals surface area contributed by atoms with E-state index in [1.165, 1.54) is 0 Å². The summed E-state index contributed by atoms with van der Waals surface area (Å²) in [4.78, 5) is 13.9. The van der Waals surface area contributed by atoms with Gasteiger partial charge >= 0.3 is 0 Å². The molecule has 0 aliphatic carbocycles. The second-order valence-electron chi connectivity index (χ2n) is 3.77. The van der Waals surface area contributed by atoms with Crippen molar-refractivity contribution in [1.29, 1.82) is 0 Å². The van der Waals surface area contributed by atoms with E-state index in [1.54, 1.807) is 4.90 Å². The van der Waals surface area contributed by atoms with E-state index in [0.29, 0.717) is 0 Å². The third kappa shape index (κ3) is 4.44. The van der Waals surface area contributed by atoms with Crippen LogP contribution in [0.2, 0.25) is 0 Å². The molecule has 0 spiro atoms. The lowest BCUT2D eigenvalue weighted by atomic mass is 10.1. The molecule has 96 valence electrons. The Bertz CT molecular complexity index is 385. The maximum atomic E-state index is 12.1. The molecule has 0 atom stereocenters. The second kappa shape index (κ2) is 7.89. The van der Waals surface area contributed by atoms with Gasteiger partial charge in [-0.2, -0.15) is 0 Å². The molecule has 0 aromatic heterocycles. The summed E-state index contributed by atoms with van der Waals surface area (Å²) in [7, 11) is 3.72. The third-order valence-corrected chi connectivity index (χ3v) is 3.90. The van der Waals surface area contributed by atoms with Crippen LogP contribution in [0.15, 0.2) is 18.2 Å². The van der Waals surface area contributed by atoms with E-state index in [2.05, 4.69) is 27.9 Å². The van der Waals surface area contributed by atoms with E-state index in [0.717, 1.165) is 27.8 Å². The molecule has 5 heteroatoms. The Morgan fingerprint density at radius 1 is 1.47 bits per heavy atom. The number of amides is 1. The first-order valence-electron chi connectivity index (χ1n) is 5.23. The lowest BCUT2D eigenvalue weighted by Gasteiger charge is -2.18. The Morgan fingerprint density at radius 3 is 2.71 bits per heavy atom. The van der Waals surface area contributed by atoms with Crippen LogP contribution in [0.1, 0.15) is 15.9 Å². The average molecular weight is 369 g/mol. The summed E-state index contributed by atoms with van der Waals surface area (Å²) in [6.45, 7) is 3.55. The summed E-state index contributed by atoms with van der Waals surface area (Å²) >= 11 is 2.23. The molecule has 0 radical (unpaired) electrons. The van der Waals surface area contributed by atoms with E-state index >= 15 is 0 Å². The molecular weight excluding hydrogens is 351 g/mol. The van der Waals surface area contributed by atoms with Crippen LogP contribution in [0.5, 0.6) is 0 Å². The molecule has 1 rings (SSSR count). The van der Waals surface area contributed by atoms with Crippen LogP contribution in [0.4, 0.5) is 0 Å². The topological polar surface area (TPSA) is 32.3 Å². The summed E-state index contributed by atoms with van der Waals surface area (Å²) in [5.41, 5.74) is 1.94. The number of carbonyl (C=O) groups is 1. The van der Waals surface area contributed by atoms with Crippen molar-refractivity contribution < 1.29 is 4.79 Å². The van der Waals surface area contributed by atoms with Crippen molar-refractivity contribution in [1.82, 2.24) is 10.2 Å². The van der Waals surface area contributed by atoms with E-state index in [9.17, 15) is 4.79 Å². The summed E-state index contributed by atoms with van der Waals surface area (Å²) in [6.07, 6.45) is 0. The molecule has 3 nitrogen and oxygen atoms in total. The number of likely N-dealkylation sites (N-methyl/N-ethyl adjacent to an activating group) is 2. The first-order valence-corrected chi connectivity index (χ1v) is 6.31. The van der Waals surface area contributed by atoms with Gasteiger partial charge in [-0.25, -0.2) is 0 Å². The molecular formula is C12H18ClIN2O. The fraction of sp³-hybridized carbons (Fsp3) is 0.417. The summed E-state index contributed by atoms with van der Waals surface area (Å²) in [5.74, 6) is 0.0864. The van der Waals surface area contributed by atoms with E-state index < -0.39 is 0 Å². The average Bonchev–Trinajstić information content (AvgIpc) is 2.28. The Balaban J connectivity index is 0.00000256. The number of hydrogen-bond donors (Lipinski definition) is 1. The van der Waals surface area contributed by atoms with Crippen molar-refractivity contribution in [3.05, 3.63) is 32.9 Å². The largest absolute Gasteiger partial charge is 0.340 e. The van der Waals surface area contributed by atoms with Crippen molar-refractivity contribution in [2.45, 2.75) is 6.92 Å². The minimum Gasteiger partial charge on any atom is -0.340 e.